The Hall–Kier alpha value is -0.910. The molecule has 0 spiro atoms. The molecular formula is C15H25IN4O3S. The molecule has 0 bridgehead atoms. The fourth-order valence-electron chi connectivity index (χ4n) is 2.60. The molecule has 1 atom stereocenters. The predicted octanol–water partition coefficient (Wildman–Crippen LogP) is 0.996. The van der Waals surface area contributed by atoms with E-state index in [0.717, 1.165) is 37.7 Å². The van der Waals surface area contributed by atoms with Crippen LogP contribution in [0.4, 0.5) is 0 Å². The van der Waals surface area contributed by atoms with Crippen LogP contribution < -0.4 is 10.5 Å². The highest BCUT2D eigenvalue weighted by Gasteiger charge is 2.19. The minimum Gasteiger partial charge on any atom is -0.381 e. The molecule has 1 aromatic rings. The van der Waals surface area contributed by atoms with Crippen molar-refractivity contribution in [1.29, 1.82) is 0 Å². The van der Waals surface area contributed by atoms with Crippen molar-refractivity contribution in [3.8, 4) is 0 Å². The van der Waals surface area contributed by atoms with Gasteiger partial charge in [-0.2, -0.15) is 0 Å². The van der Waals surface area contributed by atoms with Crippen LogP contribution in [-0.4, -0.2) is 53.1 Å². The molecule has 1 fully saturated rings. The summed E-state index contributed by atoms with van der Waals surface area (Å²) in [7, 11) is 0.0237. The van der Waals surface area contributed by atoms with E-state index in [-0.39, 0.29) is 28.9 Å². The van der Waals surface area contributed by atoms with Crippen molar-refractivity contribution in [2.75, 3.05) is 33.9 Å². The molecule has 1 saturated heterocycles. The molecule has 0 aliphatic carbocycles. The van der Waals surface area contributed by atoms with E-state index in [1.165, 1.54) is 6.07 Å². The molecule has 136 valence electrons. The number of rotatable bonds is 5. The van der Waals surface area contributed by atoms with E-state index in [9.17, 15) is 8.42 Å². The van der Waals surface area contributed by atoms with Crippen molar-refractivity contribution in [3.05, 3.63) is 29.8 Å². The van der Waals surface area contributed by atoms with Gasteiger partial charge < -0.3 is 15.0 Å². The van der Waals surface area contributed by atoms with Crippen LogP contribution in [0.2, 0.25) is 0 Å². The first kappa shape index (κ1) is 21.1. The molecule has 0 saturated carbocycles. The van der Waals surface area contributed by atoms with Gasteiger partial charge in [0, 0.05) is 39.7 Å². The summed E-state index contributed by atoms with van der Waals surface area (Å²) in [4.78, 5) is 6.44. The topological polar surface area (TPSA) is 97.0 Å². The average Bonchev–Trinajstić information content (AvgIpc) is 3.00. The predicted molar refractivity (Wildman–Crippen MR) is 105 cm³/mol. The fraction of sp³-hybridized carbons (Fsp3) is 0.533. The normalized spacial score (nSPS) is 18.1. The Morgan fingerprint density at radius 3 is 2.83 bits per heavy atom. The summed E-state index contributed by atoms with van der Waals surface area (Å²) in [5.74, 6) is 1.28. The van der Waals surface area contributed by atoms with Crippen LogP contribution in [0.25, 0.3) is 0 Å². The van der Waals surface area contributed by atoms with Crippen molar-refractivity contribution >= 4 is 40.0 Å². The number of benzene rings is 1. The third-order valence-electron chi connectivity index (χ3n) is 3.81. The highest BCUT2D eigenvalue weighted by molar-refractivity contribution is 14.0. The van der Waals surface area contributed by atoms with Gasteiger partial charge in [-0.3, -0.25) is 4.99 Å². The van der Waals surface area contributed by atoms with Crippen molar-refractivity contribution in [3.63, 3.8) is 0 Å². The van der Waals surface area contributed by atoms with Crippen LogP contribution in [0.5, 0.6) is 0 Å². The van der Waals surface area contributed by atoms with E-state index in [1.807, 2.05) is 13.1 Å². The number of hydrogen-bond donors (Lipinski definition) is 2. The Labute approximate surface area is 160 Å². The van der Waals surface area contributed by atoms with E-state index in [4.69, 9.17) is 9.88 Å². The number of aliphatic imine (C=N–C) groups is 1. The molecule has 0 radical (unpaired) electrons. The fourth-order valence-corrected chi connectivity index (χ4v) is 3.18. The molecule has 7 nitrogen and oxygen atoms in total. The van der Waals surface area contributed by atoms with Crippen LogP contribution in [-0.2, 0) is 21.3 Å². The van der Waals surface area contributed by atoms with Crippen LogP contribution in [0.1, 0.15) is 12.0 Å². The van der Waals surface area contributed by atoms with Crippen molar-refractivity contribution in [2.45, 2.75) is 17.9 Å². The summed E-state index contributed by atoms with van der Waals surface area (Å²) in [6, 6.07) is 6.58. The van der Waals surface area contributed by atoms with E-state index in [0.29, 0.717) is 12.5 Å². The molecule has 1 unspecified atom stereocenters. The Balaban J connectivity index is 0.00000288. The number of primary sulfonamides is 1. The van der Waals surface area contributed by atoms with E-state index in [2.05, 4.69) is 15.2 Å². The van der Waals surface area contributed by atoms with Crippen LogP contribution >= 0.6 is 24.0 Å². The van der Waals surface area contributed by atoms with Gasteiger partial charge in [-0.25, -0.2) is 13.6 Å². The molecule has 1 aliphatic rings. The summed E-state index contributed by atoms with van der Waals surface area (Å²) in [6.07, 6.45) is 1.07. The van der Waals surface area contributed by atoms with Crippen LogP contribution in [0.15, 0.2) is 34.2 Å². The van der Waals surface area contributed by atoms with Gasteiger partial charge in [-0.15, -0.1) is 24.0 Å². The largest absolute Gasteiger partial charge is 0.381 e. The van der Waals surface area contributed by atoms with Crippen molar-refractivity contribution in [2.24, 2.45) is 16.0 Å². The van der Waals surface area contributed by atoms with Crippen LogP contribution in [0, 0.1) is 5.92 Å². The SMILES string of the molecule is CN=C(NCc1cccc(S(N)(=O)=O)c1)N(C)CC1CCOC1.I. The molecule has 2 rings (SSSR count). The number of nitrogens with two attached hydrogens (primary N) is 1. The third-order valence-corrected chi connectivity index (χ3v) is 4.72. The minimum absolute atomic E-state index is 0. The quantitative estimate of drug-likeness (QED) is 0.382. The molecule has 1 aliphatic heterocycles. The second-order valence-electron chi connectivity index (χ2n) is 5.70. The van der Waals surface area contributed by atoms with Gasteiger partial charge in [0.15, 0.2) is 5.96 Å². The molecular weight excluding hydrogens is 443 g/mol. The third kappa shape index (κ3) is 6.19. The molecule has 0 amide bonds. The smallest absolute Gasteiger partial charge is 0.238 e. The number of nitrogens with one attached hydrogen (secondary N) is 1. The first-order valence-corrected chi connectivity index (χ1v) is 9.06. The second kappa shape index (κ2) is 9.54. The first-order valence-electron chi connectivity index (χ1n) is 7.51. The summed E-state index contributed by atoms with van der Waals surface area (Å²) >= 11 is 0. The zero-order chi connectivity index (χ0) is 16.9. The Kier molecular flexibility index (Phi) is 8.40. The maximum atomic E-state index is 11.4. The van der Waals surface area contributed by atoms with E-state index in [1.54, 1.807) is 19.2 Å². The lowest BCUT2D eigenvalue weighted by Gasteiger charge is -2.24. The molecule has 3 N–H and O–H groups in total. The highest BCUT2D eigenvalue weighted by Crippen LogP contribution is 2.13. The summed E-state index contributed by atoms with van der Waals surface area (Å²) in [5, 5.41) is 8.39. The van der Waals surface area contributed by atoms with Gasteiger partial charge in [-0.05, 0) is 24.1 Å². The van der Waals surface area contributed by atoms with Gasteiger partial charge in [-0.1, -0.05) is 12.1 Å². The summed E-state index contributed by atoms with van der Waals surface area (Å²) in [5.41, 5.74) is 0.829. The lowest BCUT2D eigenvalue weighted by atomic mass is 10.1. The zero-order valence-electron chi connectivity index (χ0n) is 13.9. The van der Waals surface area contributed by atoms with E-state index < -0.39 is 10.0 Å². The Bertz CT molecular complexity index is 660. The average molecular weight is 468 g/mol. The van der Waals surface area contributed by atoms with E-state index >= 15 is 0 Å². The highest BCUT2D eigenvalue weighted by atomic mass is 127. The molecule has 0 aromatic heterocycles. The Morgan fingerprint density at radius 1 is 1.50 bits per heavy atom. The number of sulfonamides is 1. The maximum Gasteiger partial charge on any atom is 0.238 e. The van der Waals surface area contributed by atoms with Gasteiger partial charge in [0.05, 0.1) is 11.5 Å². The maximum absolute atomic E-state index is 11.4. The number of ether oxygens (including phenoxy) is 1. The van der Waals surface area contributed by atoms with Gasteiger partial charge in [0.2, 0.25) is 10.0 Å². The van der Waals surface area contributed by atoms with Crippen LogP contribution in [0.3, 0.4) is 0 Å². The first-order chi connectivity index (χ1) is 10.9. The zero-order valence-corrected chi connectivity index (χ0v) is 17.1. The Morgan fingerprint density at radius 2 is 2.25 bits per heavy atom. The number of nitrogens with zero attached hydrogens (tertiary/aromatic N) is 2. The second-order valence-corrected chi connectivity index (χ2v) is 7.26. The van der Waals surface area contributed by atoms with Gasteiger partial charge in [0.25, 0.3) is 0 Å². The monoisotopic (exact) mass is 468 g/mol. The minimum atomic E-state index is -3.68. The van der Waals surface area contributed by atoms with Crippen molar-refractivity contribution in [1.82, 2.24) is 10.2 Å². The lowest BCUT2D eigenvalue weighted by molar-refractivity contribution is 0.181. The standard InChI is InChI=1S/C15H24N4O3S.HI/c1-17-15(19(2)10-13-6-7-22-11-13)18-9-12-4-3-5-14(8-12)23(16,20)21;/h3-5,8,13H,6-7,9-11H2,1-2H3,(H,17,18)(H2,16,20,21);1H. The number of halogens is 1. The number of guanidine groups is 1. The van der Waals surface area contributed by atoms with Gasteiger partial charge in [0.1, 0.15) is 0 Å². The molecule has 1 heterocycles. The lowest BCUT2D eigenvalue weighted by Crippen LogP contribution is -2.41. The molecule has 9 heteroatoms. The van der Waals surface area contributed by atoms with Gasteiger partial charge >= 0.3 is 0 Å². The molecule has 1 aromatic carbocycles. The van der Waals surface area contributed by atoms with Crippen molar-refractivity contribution < 1.29 is 13.2 Å². The summed E-state index contributed by atoms with van der Waals surface area (Å²) < 4.78 is 28.2. The number of hydrogen-bond acceptors (Lipinski definition) is 4. The molecule has 24 heavy (non-hydrogen) atoms. The summed E-state index contributed by atoms with van der Waals surface area (Å²) in [6.45, 7) is 2.96.